The third-order valence-corrected chi connectivity index (χ3v) is 2.50. The Hall–Kier alpha value is -2.48. The maximum Gasteiger partial charge on any atom is 0.200 e. The standard InChI is InChI=1S/C10H10N6O2/c17-16-9-2-1-7(3-8(9)4-11-16)5-18-6-10-12-14-15-13-10/h1-4,17H,5-6H2,(H,12,13,14,15). The van der Waals surface area contributed by atoms with E-state index in [9.17, 15) is 5.21 Å². The number of fused-ring (bicyclic) bond motifs is 1. The Morgan fingerprint density at radius 1 is 1.33 bits per heavy atom. The molecule has 0 aliphatic rings. The first-order valence-corrected chi connectivity index (χ1v) is 5.29. The summed E-state index contributed by atoms with van der Waals surface area (Å²) in [5, 5.41) is 27.3. The van der Waals surface area contributed by atoms with E-state index in [0.717, 1.165) is 15.8 Å². The van der Waals surface area contributed by atoms with E-state index < -0.39 is 0 Å². The summed E-state index contributed by atoms with van der Waals surface area (Å²) < 4.78 is 5.45. The summed E-state index contributed by atoms with van der Waals surface area (Å²) in [5.41, 5.74) is 1.65. The van der Waals surface area contributed by atoms with Crippen LogP contribution in [0, 0.1) is 0 Å². The van der Waals surface area contributed by atoms with Gasteiger partial charge in [0.25, 0.3) is 0 Å². The molecule has 0 radical (unpaired) electrons. The second-order valence-electron chi connectivity index (χ2n) is 3.75. The molecule has 0 atom stereocenters. The van der Waals surface area contributed by atoms with Crippen molar-refractivity contribution in [3.63, 3.8) is 0 Å². The van der Waals surface area contributed by atoms with Crippen LogP contribution in [0.2, 0.25) is 0 Å². The van der Waals surface area contributed by atoms with E-state index in [2.05, 4.69) is 25.7 Å². The van der Waals surface area contributed by atoms with Crippen molar-refractivity contribution in [1.29, 1.82) is 0 Å². The zero-order chi connectivity index (χ0) is 12.4. The van der Waals surface area contributed by atoms with E-state index in [4.69, 9.17) is 4.74 Å². The number of aromatic nitrogens is 6. The quantitative estimate of drug-likeness (QED) is 0.650. The third kappa shape index (κ3) is 2.00. The highest BCUT2D eigenvalue weighted by Crippen LogP contribution is 2.15. The van der Waals surface area contributed by atoms with Crippen molar-refractivity contribution in [2.45, 2.75) is 13.2 Å². The van der Waals surface area contributed by atoms with E-state index in [1.165, 1.54) is 0 Å². The highest BCUT2D eigenvalue weighted by Gasteiger charge is 2.03. The van der Waals surface area contributed by atoms with Gasteiger partial charge in [-0.3, -0.25) is 0 Å². The zero-order valence-corrected chi connectivity index (χ0v) is 9.32. The van der Waals surface area contributed by atoms with Crippen molar-refractivity contribution in [2.24, 2.45) is 0 Å². The van der Waals surface area contributed by atoms with Gasteiger partial charge in [0.05, 0.1) is 12.8 Å². The van der Waals surface area contributed by atoms with Crippen molar-refractivity contribution in [1.82, 2.24) is 30.6 Å². The molecule has 3 aromatic rings. The molecule has 0 amide bonds. The Kier molecular flexibility index (Phi) is 2.61. The first-order valence-electron chi connectivity index (χ1n) is 5.29. The van der Waals surface area contributed by atoms with Crippen LogP contribution in [0.15, 0.2) is 24.4 Å². The number of nitrogens with zero attached hydrogens (tertiary/aromatic N) is 5. The summed E-state index contributed by atoms with van der Waals surface area (Å²) in [6.07, 6.45) is 1.60. The monoisotopic (exact) mass is 246 g/mol. The minimum absolute atomic E-state index is 0.299. The zero-order valence-electron chi connectivity index (χ0n) is 9.32. The summed E-state index contributed by atoms with van der Waals surface area (Å²) in [6.45, 7) is 0.731. The minimum Gasteiger partial charge on any atom is -0.411 e. The molecule has 0 saturated heterocycles. The van der Waals surface area contributed by atoms with Gasteiger partial charge in [-0.15, -0.1) is 20.1 Å². The number of ether oxygens (including phenoxy) is 1. The van der Waals surface area contributed by atoms with Crippen molar-refractivity contribution in [3.8, 4) is 0 Å². The Morgan fingerprint density at radius 2 is 2.28 bits per heavy atom. The third-order valence-electron chi connectivity index (χ3n) is 2.50. The van der Waals surface area contributed by atoms with Crippen LogP contribution in [0.5, 0.6) is 0 Å². The lowest BCUT2D eigenvalue weighted by atomic mass is 10.2. The van der Waals surface area contributed by atoms with Gasteiger partial charge in [0.1, 0.15) is 12.1 Å². The predicted octanol–water partition coefficient (Wildman–Crippen LogP) is 0.503. The molecule has 2 heterocycles. The van der Waals surface area contributed by atoms with Gasteiger partial charge in [-0.1, -0.05) is 11.3 Å². The van der Waals surface area contributed by atoms with Gasteiger partial charge < -0.3 is 9.94 Å². The lowest BCUT2D eigenvalue weighted by Crippen LogP contribution is -1.96. The molecule has 2 aromatic heterocycles. The molecule has 8 nitrogen and oxygen atoms in total. The van der Waals surface area contributed by atoms with Crippen LogP contribution in [-0.4, -0.2) is 35.8 Å². The Morgan fingerprint density at radius 3 is 3.11 bits per heavy atom. The molecular weight excluding hydrogens is 236 g/mol. The van der Waals surface area contributed by atoms with Crippen LogP contribution in [0.25, 0.3) is 10.9 Å². The molecular formula is C10H10N6O2. The summed E-state index contributed by atoms with van der Waals surface area (Å²) in [6, 6.07) is 5.56. The van der Waals surface area contributed by atoms with Crippen LogP contribution in [0.3, 0.4) is 0 Å². The number of nitrogens with one attached hydrogen (secondary N) is 1. The van der Waals surface area contributed by atoms with Gasteiger partial charge >= 0.3 is 0 Å². The molecule has 92 valence electrons. The predicted molar refractivity (Wildman–Crippen MR) is 59.6 cm³/mol. The number of tetrazole rings is 1. The van der Waals surface area contributed by atoms with Gasteiger partial charge in [0, 0.05) is 5.39 Å². The topological polar surface area (TPSA) is 102 Å². The minimum atomic E-state index is 0.299. The second kappa shape index (κ2) is 4.41. The Bertz CT molecular complexity index is 647. The lowest BCUT2D eigenvalue weighted by Gasteiger charge is -2.02. The molecule has 8 heteroatoms. The van der Waals surface area contributed by atoms with Crippen molar-refractivity contribution < 1.29 is 9.94 Å². The number of benzene rings is 1. The van der Waals surface area contributed by atoms with Crippen LogP contribution in [0.1, 0.15) is 11.4 Å². The number of hydrogen-bond donors (Lipinski definition) is 2. The Balaban J connectivity index is 1.67. The van der Waals surface area contributed by atoms with Crippen molar-refractivity contribution >= 4 is 10.9 Å². The summed E-state index contributed by atoms with van der Waals surface area (Å²) in [7, 11) is 0. The fourth-order valence-corrected chi connectivity index (χ4v) is 1.66. The normalized spacial score (nSPS) is 11.1. The highest BCUT2D eigenvalue weighted by atomic mass is 16.5. The summed E-state index contributed by atoms with van der Waals surface area (Å²) in [5.74, 6) is 0.513. The number of aromatic amines is 1. The average molecular weight is 246 g/mol. The molecule has 0 saturated carbocycles. The van der Waals surface area contributed by atoms with Crippen molar-refractivity contribution in [2.75, 3.05) is 0 Å². The fourth-order valence-electron chi connectivity index (χ4n) is 1.66. The van der Waals surface area contributed by atoms with Gasteiger partial charge in [-0.05, 0) is 17.7 Å². The smallest absolute Gasteiger partial charge is 0.200 e. The summed E-state index contributed by atoms with van der Waals surface area (Å²) >= 11 is 0. The van der Waals surface area contributed by atoms with E-state index in [-0.39, 0.29) is 0 Å². The van der Waals surface area contributed by atoms with Crippen LogP contribution < -0.4 is 0 Å². The number of hydrogen-bond acceptors (Lipinski definition) is 6. The SMILES string of the molecule is On1ncc2cc(COCc3nn[nH]n3)ccc21. The van der Waals surface area contributed by atoms with E-state index >= 15 is 0 Å². The van der Waals surface area contributed by atoms with Gasteiger partial charge in [-0.2, -0.15) is 5.21 Å². The van der Waals surface area contributed by atoms with E-state index in [1.807, 2.05) is 12.1 Å². The molecule has 0 spiro atoms. The molecule has 0 aliphatic carbocycles. The van der Waals surface area contributed by atoms with E-state index in [1.54, 1.807) is 12.3 Å². The molecule has 18 heavy (non-hydrogen) atoms. The molecule has 0 bridgehead atoms. The molecule has 2 N–H and O–H groups in total. The van der Waals surface area contributed by atoms with Gasteiger partial charge in [-0.25, -0.2) is 0 Å². The fraction of sp³-hybridized carbons (Fsp3) is 0.200. The van der Waals surface area contributed by atoms with Crippen LogP contribution in [0.4, 0.5) is 0 Å². The average Bonchev–Trinajstić information content (AvgIpc) is 3.00. The molecule has 0 aliphatic heterocycles. The first-order chi connectivity index (χ1) is 8.83. The first kappa shape index (κ1) is 10.7. The van der Waals surface area contributed by atoms with Gasteiger partial charge in [0.2, 0.25) is 0 Å². The van der Waals surface area contributed by atoms with E-state index in [0.29, 0.717) is 24.6 Å². The molecule has 3 rings (SSSR count). The van der Waals surface area contributed by atoms with Crippen LogP contribution >= 0.6 is 0 Å². The van der Waals surface area contributed by atoms with Crippen LogP contribution in [-0.2, 0) is 18.0 Å². The number of H-pyrrole nitrogens is 1. The molecule has 0 fully saturated rings. The molecule has 1 aromatic carbocycles. The summed E-state index contributed by atoms with van der Waals surface area (Å²) in [4.78, 5) is 0.847. The molecule has 0 unspecified atom stereocenters. The maximum absolute atomic E-state index is 9.35. The number of rotatable bonds is 4. The van der Waals surface area contributed by atoms with Gasteiger partial charge in [0.15, 0.2) is 5.82 Å². The largest absolute Gasteiger partial charge is 0.411 e. The highest BCUT2D eigenvalue weighted by molar-refractivity contribution is 5.78. The Labute approximate surface area is 101 Å². The van der Waals surface area contributed by atoms with Crippen molar-refractivity contribution in [3.05, 3.63) is 35.8 Å². The second-order valence-corrected chi connectivity index (χ2v) is 3.75. The maximum atomic E-state index is 9.35. The lowest BCUT2D eigenvalue weighted by molar-refractivity contribution is 0.102.